The zero-order valence-electron chi connectivity index (χ0n) is 20.2. The molecule has 2 aromatic carbocycles. The van der Waals surface area contributed by atoms with Crippen LogP contribution in [0.2, 0.25) is 5.02 Å². The molecule has 1 aromatic heterocycles. The molecular weight excluding hydrogens is 538 g/mol. The van der Waals surface area contributed by atoms with Gasteiger partial charge < -0.3 is 14.0 Å². The molecule has 0 aliphatic rings. The number of aromatic nitrogens is 1. The molecule has 15 heteroatoms. The van der Waals surface area contributed by atoms with E-state index in [2.05, 4.69) is 10.0 Å². The van der Waals surface area contributed by atoms with Crippen molar-refractivity contribution in [1.29, 1.82) is 0 Å². The fourth-order valence-corrected chi connectivity index (χ4v) is 3.68. The van der Waals surface area contributed by atoms with Crippen LogP contribution in [-0.4, -0.2) is 28.8 Å². The molecule has 0 saturated carbocycles. The van der Waals surface area contributed by atoms with Gasteiger partial charge in [-0.05, 0) is 45.4 Å². The Hall–Kier alpha value is -4.29. The Morgan fingerprint density at radius 2 is 1.82 bits per heavy atom. The third kappa shape index (κ3) is 5.36. The van der Waals surface area contributed by atoms with E-state index in [0.717, 1.165) is 0 Å². The SMILES string of the molecule is CCOC(=O)c1cn(-c2cc(NC(=O)OC(C)(C)C)c(F)c(F)c2F)c2c(Cl)c(N=[N+]=[N-])c(F)cc2c1=O. The van der Waals surface area contributed by atoms with Gasteiger partial charge in [0.25, 0.3) is 0 Å². The van der Waals surface area contributed by atoms with Crippen molar-refractivity contribution < 1.29 is 36.6 Å². The second kappa shape index (κ2) is 10.6. The van der Waals surface area contributed by atoms with Gasteiger partial charge in [0, 0.05) is 11.1 Å². The lowest BCUT2D eigenvalue weighted by Crippen LogP contribution is -2.27. The van der Waals surface area contributed by atoms with Crippen LogP contribution in [0.1, 0.15) is 38.1 Å². The number of rotatable bonds is 5. The average Bonchev–Trinajstić information content (AvgIpc) is 2.82. The van der Waals surface area contributed by atoms with Crippen molar-refractivity contribution >= 4 is 45.9 Å². The quantitative estimate of drug-likeness (QED) is 0.0936. The second-order valence-corrected chi connectivity index (χ2v) is 8.96. The van der Waals surface area contributed by atoms with Gasteiger partial charge in [-0.15, -0.1) is 0 Å². The summed E-state index contributed by atoms with van der Waals surface area (Å²) >= 11 is 6.21. The van der Waals surface area contributed by atoms with Crippen molar-refractivity contribution in [2.45, 2.75) is 33.3 Å². The maximum absolute atomic E-state index is 15.1. The van der Waals surface area contributed by atoms with E-state index in [1.54, 1.807) is 0 Å². The van der Waals surface area contributed by atoms with Crippen molar-refractivity contribution in [2.24, 2.45) is 5.11 Å². The Morgan fingerprint density at radius 3 is 2.39 bits per heavy atom. The Morgan fingerprint density at radius 1 is 1.16 bits per heavy atom. The zero-order valence-corrected chi connectivity index (χ0v) is 20.9. The number of nitrogens with zero attached hydrogens (tertiary/aromatic N) is 4. The summed E-state index contributed by atoms with van der Waals surface area (Å²) in [5, 5.41) is 3.74. The summed E-state index contributed by atoms with van der Waals surface area (Å²) in [5.41, 5.74) is 2.83. The highest BCUT2D eigenvalue weighted by Crippen LogP contribution is 2.37. The van der Waals surface area contributed by atoms with Crippen molar-refractivity contribution in [2.75, 3.05) is 11.9 Å². The molecule has 0 aliphatic carbocycles. The van der Waals surface area contributed by atoms with Crippen LogP contribution < -0.4 is 10.7 Å². The molecule has 0 radical (unpaired) electrons. The van der Waals surface area contributed by atoms with E-state index in [0.29, 0.717) is 22.9 Å². The predicted molar refractivity (Wildman–Crippen MR) is 129 cm³/mol. The molecule has 1 amide bonds. The molecule has 1 heterocycles. The fraction of sp³-hybridized carbons (Fsp3) is 0.261. The van der Waals surface area contributed by atoms with Crippen LogP contribution in [0.3, 0.4) is 0 Å². The highest BCUT2D eigenvalue weighted by molar-refractivity contribution is 6.37. The van der Waals surface area contributed by atoms with Gasteiger partial charge in [0.2, 0.25) is 5.43 Å². The number of benzene rings is 2. The number of hydrogen-bond donors (Lipinski definition) is 1. The first-order valence-electron chi connectivity index (χ1n) is 10.7. The summed E-state index contributed by atoms with van der Waals surface area (Å²) in [6.45, 7) is 5.77. The van der Waals surface area contributed by atoms with E-state index >= 15 is 4.39 Å². The normalized spacial score (nSPS) is 11.2. The first-order valence-corrected chi connectivity index (χ1v) is 11.1. The van der Waals surface area contributed by atoms with Crippen LogP contribution in [0.25, 0.3) is 27.0 Å². The Bertz CT molecular complexity index is 1600. The molecule has 0 bridgehead atoms. The zero-order chi connectivity index (χ0) is 28.5. The van der Waals surface area contributed by atoms with Gasteiger partial charge in [0.1, 0.15) is 17.0 Å². The minimum atomic E-state index is -2.05. The minimum absolute atomic E-state index is 0.176. The number of azide groups is 1. The number of carbonyl (C=O) groups is 2. The van der Waals surface area contributed by atoms with E-state index in [1.807, 2.05) is 5.32 Å². The van der Waals surface area contributed by atoms with E-state index < -0.39 is 84.9 Å². The summed E-state index contributed by atoms with van der Waals surface area (Å²) in [6, 6.07) is 1.20. The average molecular weight is 556 g/mol. The van der Waals surface area contributed by atoms with Gasteiger partial charge >= 0.3 is 12.1 Å². The minimum Gasteiger partial charge on any atom is -0.462 e. The highest BCUT2D eigenvalue weighted by Gasteiger charge is 2.27. The maximum Gasteiger partial charge on any atom is 0.412 e. The number of halogens is 5. The Balaban J connectivity index is 2.45. The van der Waals surface area contributed by atoms with Crippen LogP contribution in [0.5, 0.6) is 0 Å². The summed E-state index contributed by atoms with van der Waals surface area (Å²) in [4.78, 5) is 40.1. The van der Waals surface area contributed by atoms with Crippen molar-refractivity contribution in [1.82, 2.24) is 4.57 Å². The number of anilines is 1. The first-order chi connectivity index (χ1) is 17.7. The summed E-state index contributed by atoms with van der Waals surface area (Å²) in [7, 11) is 0. The topological polar surface area (TPSA) is 135 Å². The molecule has 0 spiro atoms. The molecule has 38 heavy (non-hydrogen) atoms. The Labute approximate surface area is 216 Å². The van der Waals surface area contributed by atoms with Gasteiger partial charge in [-0.3, -0.25) is 10.1 Å². The number of fused-ring (bicyclic) bond motifs is 1. The molecule has 3 aromatic rings. The van der Waals surface area contributed by atoms with Gasteiger partial charge in [-0.1, -0.05) is 16.7 Å². The lowest BCUT2D eigenvalue weighted by molar-refractivity contribution is 0.0523. The van der Waals surface area contributed by atoms with Gasteiger partial charge in [0.15, 0.2) is 17.5 Å². The van der Waals surface area contributed by atoms with Gasteiger partial charge in [-0.25, -0.2) is 27.2 Å². The summed E-state index contributed by atoms with van der Waals surface area (Å²) in [6.07, 6.45) is -0.504. The van der Waals surface area contributed by atoms with E-state index in [4.69, 9.17) is 26.6 Å². The number of nitrogens with one attached hydrogen (secondary N) is 1. The van der Waals surface area contributed by atoms with Gasteiger partial charge in [0.05, 0.1) is 39.6 Å². The number of pyridine rings is 1. The van der Waals surface area contributed by atoms with E-state index in [-0.39, 0.29) is 6.61 Å². The van der Waals surface area contributed by atoms with Crippen LogP contribution in [0.4, 0.5) is 33.7 Å². The molecular formula is C23H18ClF4N5O5. The number of esters is 1. The van der Waals surface area contributed by atoms with Crippen LogP contribution in [-0.2, 0) is 9.47 Å². The Kier molecular flexibility index (Phi) is 7.89. The van der Waals surface area contributed by atoms with Crippen molar-refractivity contribution in [3.63, 3.8) is 0 Å². The fourth-order valence-electron chi connectivity index (χ4n) is 3.36. The van der Waals surface area contributed by atoms with E-state index in [1.165, 1.54) is 27.7 Å². The molecule has 10 nitrogen and oxygen atoms in total. The maximum atomic E-state index is 15.1. The number of carbonyl (C=O) groups excluding carboxylic acids is 2. The molecule has 3 rings (SSSR count). The number of hydrogen-bond acceptors (Lipinski definition) is 6. The number of ether oxygens (including phenoxy) is 2. The van der Waals surface area contributed by atoms with Crippen LogP contribution in [0, 0.1) is 23.3 Å². The molecule has 0 unspecified atom stereocenters. The van der Waals surface area contributed by atoms with Crippen molar-refractivity contribution in [3.8, 4) is 5.69 Å². The summed E-state index contributed by atoms with van der Waals surface area (Å²) in [5.74, 6) is -8.13. The highest BCUT2D eigenvalue weighted by atomic mass is 35.5. The largest absolute Gasteiger partial charge is 0.462 e. The van der Waals surface area contributed by atoms with Crippen LogP contribution in [0.15, 0.2) is 28.2 Å². The first kappa shape index (κ1) is 28.3. The predicted octanol–water partition coefficient (Wildman–Crippen LogP) is 6.67. The molecule has 0 saturated heterocycles. The second-order valence-electron chi connectivity index (χ2n) is 8.58. The summed E-state index contributed by atoms with van der Waals surface area (Å²) < 4.78 is 69.5. The van der Waals surface area contributed by atoms with Crippen LogP contribution >= 0.6 is 11.6 Å². The molecule has 0 fully saturated rings. The molecule has 200 valence electrons. The monoisotopic (exact) mass is 555 g/mol. The third-order valence-electron chi connectivity index (χ3n) is 4.82. The number of amides is 1. The molecule has 0 aliphatic heterocycles. The van der Waals surface area contributed by atoms with E-state index in [9.17, 15) is 27.6 Å². The smallest absolute Gasteiger partial charge is 0.412 e. The standard InChI is InChI=1S/C23H18ClF4N5O5/c1-5-37-21(35)10-8-33(19-9(20(10)34)6-11(25)18(14(19)24)31-32-29)13-7-12(15(26)17(28)16(13)27)30-22(36)38-23(2,3)4/h6-8H,5H2,1-4H3,(H,30,36). The van der Waals surface area contributed by atoms with Crippen molar-refractivity contribution in [3.05, 3.63) is 72.9 Å². The third-order valence-corrected chi connectivity index (χ3v) is 5.18. The molecule has 1 N–H and O–H groups in total. The van der Waals surface area contributed by atoms with Gasteiger partial charge in [-0.2, -0.15) is 0 Å². The lowest BCUT2D eigenvalue weighted by Gasteiger charge is -2.21. The lowest BCUT2D eigenvalue weighted by atomic mass is 10.1. The molecule has 0 atom stereocenters.